The highest BCUT2D eigenvalue weighted by Crippen LogP contribution is 2.38. The topological polar surface area (TPSA) is 35.2 Å². The first-order valence-corrected chi connectivity index (χ1v) is 8.27. The van der Waals surface area contributed by atoms with Gasteiger partial charge in [-0.05, 0) is 46.1 Å². The summed E-state index contributed by atoms with van der Waals surface area (Å²) in [6, 6.07) is 2.18. The second kappa shape index (κ2) is 6.04. The summed E-state index contributed by atoms with van der Waals surface area (Å²) in [5, 5.41) is 2.11. The van der Waals surface area contributed by atoms with Crippen molar-refractivity contribution in [1.29, 1.82) is 0 Å². The van der Waals surface area contributed by atoms with E-state index in [1.54, 1.807) is 11.3 Å². The first kappa shape index (κ1) is 14.5. The largest absolute Gasteiger partial charge is 0.377 e. The van der Waals surface area contributed by atoms with Crippen LogP contribution in [0.2, 0.25) is 0 Å². The summed E-state index contributed by atoms with van der Waals surface area (Å²) < 4.78 is 7.04. The van der Waals surface area contributed by atoms with Crippen LogP contribution in [0.15, 0.2) is 15.9 Å². The zero-order valence-electron chi connectivity index (χ0n) is 11.1. The maximum absolute atomic E-state index is 6.48. The van der Waals surface area contributed by atoms with Crippen molar-refractivity contribution < 1.29 is 4.74 Å². The molecule has 2 rings (SSSR count). The van der Waals surface area contributed by atoms with Crippen molar-refractivity contribution in [2.45, 2.75) is 50.7 Å². The van der Waals surface area contributed by atoms with Gasteiger partial charge in [0.2, 0.25) is 0 Å². The van der Waals surface area contributed by atoms with Crippen LogP contribution >= 0.6 is 27.3 Å². The zero-order chi connectivity index (χ0) is 13.2. The molecule has 0 aromatic carbocycles. The van der Waals surface area contributed by atoms with Crippen LogP contribution in [0.4, 0.5) is 0 Å². The number of rotatable bonds is 4. The lowest BCUT2D eigenvalue weighted by Crippen LogP contribution is -2.53. The maximum Gasteiger partial charge on any atom is 0.0834 e. The average Bonchev–Trinajstić information content (AvgIpc) is 2.75. The van der Waals surface area contributed by atoms with Crippen LogP contribution in [-0.2, 0) is 11.2 Å². The number of ether oxygens (including phenoxy) is 1. The Labute approximate surface area is 122 Å². The average molecular weight is 332 g/mol. The molecule has 3 unspecified atom stereocenters. The Kier molecular flexibility index (Phi) is 4.86. The van der Waals surface area contributed by atoms with Gasteiger partial charge in [0, 0.05) is 28.9 Å². The molecule has 1 aromatic heterocycles. The molecular formula is C14H22BrNOS. The van der Waals surface area contributed by atoms with Crippen molar-refractivity contribution in [3.63, 3.8) is 0 Å². The maximum atomic E-state index is 6.48. The van der Waals surface area contributed by atoms with E-state index in [4.69, 9.17) is 10.5 Å². The van der Waals surface area contributed by atoms with Gasteiger partial charge in [0.15, 0.2) is 0 Å². The van der Waals surface area contributed by atoms with Crippen LogP contribution in [0.5, 0.6) is 0 Å². The van der Waals surface area contributed by atoms with E-state index >= 15 is 0 Å². The third-order valence-corrected chi connectivity index (χ3v) is 6.12. The number of methoxy groups -OCH3 is 1. The van der Waals surface area contributed by atoms with Crippen LogP contribution in [0.3, 0.4) is 0 Å². The van der Waals surface area contributed by atoms with Gasteiger partial charge >= 0.3 is 0 Å². The third-order valence-electron chi connectivity index (χ3n) is 4.17. The summed E-state index contributed by atoms with van der Waals surface area (Å²) in [6.45, 7) is 2.31. The Balaban J connectivity index is 2.09. The standard InChI is InChI=1S/C14H22BrNOS/c1-10-4-3-6-14(9-10,17-2)13(16)8-12-11(15)5-7-18-12/h5,7,10,13H,3-4,6,8-9,16H2,1-2H3. The molecule has 0 radical (unpaired) electrons. The molecule has 1 aliphatic carbocycles. The Morgan fingerprint density at radius 1 is 1.67 bits per heavy atom. The molecule has 1 aliphatic rings. The molecule has 2 nitrogen and oxygen atoms in total. The minimum atomic E-state index is -0.124. The molecular weight excluding hydrogens is 310 g/mol. The van der Waals surface area contributed by atoms with Crippen LogP contribution in [0.25, 0.3) is 0 Å². The fraction of sp³-hybridized carbons (Fsp3) is 0.714. The van der Waals surface area contributed by atoms with E-state index in [1.807, 2.05) is 7.11 Å². The molecule has 4 heteroatoms. The quantitative estimate of drug-likeness (QED) is 0.905. The van der Waals surface area contributed by atoms with Crippen molar-refractivity contribution in [3.8, 4) is 0 Å². The van der Waals surface area contributed by atoms with Crippen molar-refractivity contribution in [2.75, 3.05) is 7.11 Å². The second-order valence-corrected chi connectivity index (χ2v) is 7.33. The van der Waals surface area contributed by atoms with Gasteiger partial charge in [-0.15, -0.1) is 11.3 Å². The van der Waals surface area contributed by atoms with E-state index in [0.29, 0.717) is 0 Å². The van der Waals surface area contributed by atoms with Crippen LogP contribution in [0, 0.1) is 5.92 Å². The van der Waals surface area contributed by atoms with Crippen molar-refractivity contribution in [2.24, 2.45) is 11.7 Å². The molecule has 1 fully saturated rings. The van der Waals surface area contributed by atoms with E-state index in [9.17, 15) is 0 Å². The van der Waals surface area contributed by atoms with E-state index in [1.165, 1.54) is 22.2 Å². The molecule has 102 valence electrons. The molecule has 1 aromatic rings. The molecule has 1 saturated carbocycles. The van der Waals surface area contributed by atoms with Gasteiger partial charge in [0.25, 0.3) is 0 Å². The monoisotopic (exact) mass is 331 g/mol. The summed E-state index contributed by atoms with van der Waals surface area (Å²) in [5.74, 6) is 0.719. The second-order valence-electron chi connectivity index (χ2n) is 5.47. The Bertz CT molecular complexity index is 395. The molecule has 0 amide bonds. The lowest BCUT2D eigenvalue weighted by molar-refractivity contribution is -0.0704. The summed E-state index contributed by atoms with van der Waals surface area (Å²) in [6.07, 6.45) is 5.62. The van der Waals surface area contributed by atoms with Gasteiger partial charge in [-0.3, -0.25) is 0 Å². The van der Waals surface area contributed by atoms with Crippen molar-refractivity contribution in [3.05, 3.63) is 20.8 Å². The van der Waals surface area contributed by atoms with Crippen molar-refractivity contribution >= 4 is 27.3 Å². The van der Waals surface area contributed by atoms with Gasteiger partial charge in [-0.2, -0.15) is 0 Å². The van der Waals surface area contributed by atoms with Gasteiger partial charge in [-0.25, -0.2) is 0 Å². The highest BCUT2D eigenvalue weighted by molar-refractivity contribution is 9.10. The first-order valence-electron chi connectivity index (χ1n) is 6.60. The predicted octanol–water partition coefficient (Wildman–Crippen LogP) is 3.98. The molecule has 0 saturated heterocycles. The summed E-state index contributed by atoms with van der Waals surface area (Å²) in [7, 11) is 1.82. The fourth-order valence-electron chi connectivity index (χ4n) is 3.07. The summed E-state index contributed by atoms with van der Waals surface area (Å²) in [5.41, 5.74) is 6.35. The minimum Gasteiger partial charge on any atom is -0.377 e. The highest BCUT2D eigenvalue weighted by Gasteiger charge is 2.40. The smallest absolute Gasteiger partial charge is 0.0834 e. The molecule has 18 heavy (non-hydrogen) atoms. The van der Waals surface area contributed by atoms with Gasteiger partial charge in [0.05, 0.1) is 5.60 Å². The first-order chi connectivity index (χ1) is 8.57. The lowest BCUT2D eigenvalue weighted by Gasteiger charge is -2.43. The van der Waals surface area contributed by atoms with Gasteiger partial charge < -0.3 is 10.5 Å². The lowest BCUT2D eigenvalue weighted by atomic mass is 9.74. The minimum absolute atomic E-state index is 0.0835. The third kappa shape index (κ3) is 2.98. The fourth-order valence-corrected chi connectivity index (χ4v) is 4.65. The number of hydrogen-bond donors (Lipinski definition) is 1. The predicted molar refractivity (Wildman–Crippen MR) is 81.1 cm³/mol. The molecule has 0 aliphatic heterocycles. The van der Waals surface area contributed by atoms with E-state index in [0.717, 1.165) is 25.2 Å². The molecule has 1 heterocycles. The Hall–Kier alpha value is 0.100. The zero-order valence-corrected chi connectivity index (χ0v) is 13.5. The van der Waals surface area contributed by atoms with Crippen molar-refractivity contribution in [1.82, 2.24) is 0 Å². The molecule has 0 spiro atoms. The number of thiophene rings is 1. The van der Waals surface area contributed by atoms with E-state index in [-0.39, 0.29) is 11.6 Å². The number of hydrogen-bond acceptors (Lipinski definition) is 3. The molecule has 0 bridgehead atoms. The van der Waals surface area contributed by atoms with Gasteiger partial charge in [0.1, 0.15) is 0 Å². The number of halogens is 1. The Morgan fingerprint density at radius 3 is 3.00 bits per heavy atom. The van der Waals surface area contributed by atoms with E-state index < -0.39 is 0 Å². The van der Waals surface area contributed by atoms with Gasteiger partial charge in [-0.1, -0.05) is 19.8 Å². The van der Waals surface area contributed by atoms with E-state index in [2.05, 4.69) is 34.3 Å². The molecule has 2 N–H and O–H groups in total. The SMILES string of the molecule is COC1(C(N)Cc2sccc2Br)CCCC(C)C1. The summed E-state index contributed by atoms with van der Waals surface area (Å²) >= 11 is 5.35. The normalized spacial score (nSPS) is 30.3. The Morgan fingerprint density at radius 2 is 2.44 bits per heavy atom. The van der Waals surface area contributed by atoms with Crippen LogP contribution < -0.4 is 5.73 Å². The van der Waals surface area contributed by atoms with Crippen LogP contribution in [0.1, 0.15) is 37.5 Å². The summed E-state index contributed by atoms with van der Waals surface area (Å²) in [4.78, 5) is 1.33. The number of nitrogens with two attached hydrogens (primary N) is 1. The highest BCUT2D eigenvalue weighted by atomic mass is 79.9. The molecule has 3 atom stereocenters. The van der Waals surface area contributed by atoms with Crippen LogP contribution in [-0.4, -0.2) is 18.8 Å².